The number of primary amides is 1. The molecule has 6 nitrogen and oxygen atoms in total. The molecule has 0 aliphatic heterocycles. The quantitative estimate of drug-likeness (QED) is 0.562. The van der Waals surface area contributed by atoms with Gasteiger partial charge in [-0.3, -0.25) is 9.59 Å². The van der Waals surface area contributed by atoms with Crippen molar-refractivity contribution in [3.8, 4) is 5.75 Å². The Bertz CT molecular complexity index is 455. The summed E-state index contributed by atoms with van der Waals surface area (Å²) in [7, 11) is 0. The van der Waals surface area contributed by atoms with Crippen molar-refractivity contribution in [1.82, 2.24) is 0 Å². The van der Waals surface area contributed by atoms with Gasteiger partial charge in [0.1, 0.15) is 12.0 Å². The topological polar surface area (TPSA) is 107 Å². The molecule has 0 fully saturated rings. The Morgan fingerprint density at radius 2 is 2.12 bits per heavy atom. The number of amides is 1. The Kier molecular flexibility index (Phi) is 3.47. The van der Waals surface area contributed by atoms with Gasteiger partial charge in [0, 0.05) is 5.56 Å². The van der Waals surface area contributed by atoms with Crippen LogP contribution in [-0.2, 0) is 9.59 Å². The fraction of sp³-hybridized carbons (Fsp3) is 0.182. The molecule has 1 atom stereocenters. The van der Waals surface area contributed by atoms with Crippen molar-refractivity contribution in [2.24, 2.45) is 5.73 Å². The van der Waals surface area contributed by atoms with Gasteiger partial charge in [-0.25, -0.2) is 4.79 Å². The van der Waals surface area contributed by atoms with Crippen LogP contribution < -0.4 is 10.5 Å². The summed E-state index contributed by atoms with van der Waals surface area (Å²) < 4.78 is 5.03. The monoisotopic (exact) mass is 237 g/mol. The van der Waals surface area contributed by atoms with Crippen LogP contribution in [0.2, 0.25) is 0 Å². The lowest BCUT2D eigenvalue weighted by atomic mass is 10.1. The van der Waals surface area contributed by atoms with E-state index in [1.165, 1.54) is 24.3 Å². The van der Waals surface area contributed by atoms with Crippen LogP contribution in [-0.4, -0.2) is 28.9 Å². The fourth-order valence-corrected chi connectivity index (χ4v) is 1.09. The van der Waals surface area contributed by atoms with Gasteiger partial charge in [-0.15, -0.1) is 0 Å². The Morgan fingerprint density at radius 3 is 2.59 bits per heavy atom. The molecule has 90 valence electrons. The minimum absolute atomic E-state index is 0.0818. The summed E-state index contributed by atoms with van der Waals surface area (Å²) in [4.78, 5) is 32.5. The smallest absolute Gasteiger partial charge is 0.357 e. The summed E-state index contributed by atoms with van der Waals surface area (Å²) in [6, 6.07) is 5.76. The van der Waals surface area contributed by atoms with Gasteiger partial charge in [-0.1, -0.05) is 12.1 Å². The minimum Gasteiger partial charge on any atom is -0.478 e. The molecule has 0 aliphatic carbocycles. The van der Waals surface area contributed by atoms with Crippen LogP contribution in [0.5, 0.6) is 5.75 Å². The Morgan fingerprint density at radius 1 is 1.47 bits per heavy atom. The number of hydrogen-bond donors (Lipinski definition) is 2. The highest BCUT2D eigenvalue weighted by atomic mass is 16.5. The van der Waals surface area contributed by atoms with Crippen molar-refractivity contribution in [3.05, 3.63) is 29.8 Å². The molecule has 1 aromatic carbocycles. The van der Waals surface area contributed by atoms with E-state index in [4.69, 9.17) is 15.6 Å². The zero-order valence-corrected chi connectivity index (χ0v) is 9.04. The summed E-state index contributed by atoms with van der Waals surface area (Å²) in [5.74, 6) is -2.54. The number of ether oxygens (including phenoxy) is 1. The van der Waals surface area contributed by atoms with Gasteiger partial charge < -0.3 is 15.6 Å². The second-order valence-corrected chi connectivity index (χ2v) is 3.50. The first-order chi connectivity index (χ1) is 7.90. The molecule has 0 heterocycles. The van der Waals surface area contributed by atoms with Crippen LogP contribution in [0.25, 0.3) is 0 Å². The van der Waals surface area contributed by atoms with Crippen LogP contribution in [0, 0.1) is 0 Å². The Labute approximate surface area is 97.0 Å². The third kappa shape index (κ3) is 2.60. The molecule has 6 heteroatoms. The molecular formula is C11H11NO5. The fourth-order valence-electron chi connectivity index (χ4n) is 1.09. The summed E-state index contributed by atoms with van der Waals surface area (Å²) in [6.45, 7) is 1.05. The zero-order chi connectivity index (χ0) is 13.1. The molecule has 1 rings (SSSR count). The first-order valence-electron chi connectivity index (χ1n) is 4.67. The molecule has 1 aromatic rings. The van der Waals surface area contributed by atoms with E-state index < -0.39 is 17.5 Å². The molecule has 0 aromatic heterocycles. The normalized spacial score (nSPS) is 13.5. The lowest BCUT2D eigenvalue weighted by Crippen LogP contribution is -2.52. The number of nitrogens with two attached hydrogens (primary N) is 1. The molecule has 1 amide bonds. The summed E-state index contributed by atoms with van der Waals surface area (Å²) >= 11 is 0. The maximum Gasteiger partial charge on any atom is 0.357 e. The van der Waals surface area contributed by atoms with E-state index in [2.05, 4.69) is 0 Å². The third-order valence-corrected chi connectivity index (χ3v) is 2.19. The third-order valence-electron chi connectivity index (χ3n) is 2.19. The second kappa shape index (κ2) is 4.65. The largest absolute Gasteiger partial charge is 0.478 e. The number of carboxylic acids is 1. The Balaban J connectivity index is 3.06. The van der Waals surface area contributed by atoms with Crippen molar-refractivity contribution in [3.63, 3.8) is 0 Å². The average molecular weight is 237 g/mol. The van der Waals surface area contributed by atoms with Crippen LogP contribution in [0.3, 0.4) is 0 Å². The molecule has 3 N–H and O–H groups in total. The van der Waals surface area contributed by atoms with Crippen molar-refractivity contribution < 1.29 is 24.2 Å². The number of aldehydes is 1. The van der Waals surface area contributed by atoms with Gasteiger partial charge >= 0.3 is 5.97 Å². The molecular weight excluding hydrogens is 226 g/mol. The highest BCUT2D eigenvalue weighted by molar-refractivity contribution is 6.04. The van der Waals surface area contributed by atoms with E-state index in [1.54, 1.807) is 0 Å². The van der Waals surface area contributed by atoms with Crippen molar-refractivity contribution >= 4 is 18.2 Å². The van der Waals surface area contributed by atoms with E-state index >= 15 is 0 Å². The van der Waals surface area contributed by atoms with E-state index in [1.807, 2.05) is 0 Å². The maximum atomic E-state index is 11.1. The van der Waals surface area contributed by atoms with Crippen LogP contribution >= 0.6 is 0 Å². The van der Waals surface area contributed by atoms with E-state index in [0.717, 1.165) is 6.92 Å². The summed E-state index contributed by atoms with van der Waals surface area (Å²) in [5.41, 5.74) is 3.12. The number of rotatable bonds is 5. The van der Waals surface area contributed by atoms with Gasteiger partial charge in [0.2, 0.25) is 0 Å². The second-order valence-electron chi connectivity index (χ2n) is 3.50. The first-order valence-corrected chi connectivity index (χ1v) is 4.67. The van der Waals surface area contributed by atoms with Gasteiger partial charge in [0.25, 0.3) is 11.5 Å². The van der Waals surface area contributed by atoms with E-state index in [-0.39, 0.29) is 5.75 Å². The average Bonchev–Trinajstić information content (AvgIpc) is 2.28. The molecule has 0 bridgehead atoms. The van der Waals surface area contributed by atoms with Crippen LogP contribution in [0.15, 0.2) is 24.3 Å². The van der Waals surface area contributed by atoms with Crippen molar-refractivity contribution in [1.29, 1.82) is 0 Å². The lowest BCUT2D eigenvalue weighted by molar-refractivity contribution is -0.159. The molecule has 17 heavy (non-hydrogen) atoms. The molecule has 0 radical (unpaired) electrons. The number of carboxylic acid groups (broad SMARTS) is 1. The number of benzene rings is 1. The summed E-state index contributed by atoms with van der Waals surface area (Å²) in [6.07, 6.45) is 0.579. The molecule has 0 saturated carbocycles. The van der Waals surface area contributed by atoms with E-state index in [9.17, 15) is 14.4 Å². The molecule has 0 saturated heterocycles. The van der Waals surface area contributed by atoms with Gasteiger partial charge in [0.05, 0.1) is 0 Å². The molecule has 1 unspecified atom stereocenters. The predicted octanol–water partition coefficient (Wildman–Crippen LogP) is 0.207. The molecule has 0 aliphatic rings. The highest BCUT2D eigenvalue weighted by Gasteiger charge is 2.42. The zero-order valence-electron chi connectivity index (χ0n) is 9.04. The number of carbonyl (C=O) groups is 3. The lowest BCUT2D eigenvalue weighted by Gasteiger charge is -2.22. The number of carbonyl (C=O) groups excluding carboxylic acids is 2. The SMILES string of the molecule is CC(Oc1cccc(C=O)c1)(C(N)=O)C(=O)O. The predicted molar refractivity (Wildman–Crippen MR) is 57.7 cm³/mol. The standard InChI is InChI=1S/C11H11NO5/c1-11(9(12)14,10(15)16)17-8-4-2-3-7(5-8)6-13/h2-6H,1H3,(H2,12,14)(H,15,16). The van der Waals surface area contributed by atoms with Crippen LogP contribution in [0.1, 0.15) is 17.3 Å². The molecule has 0 spiro atoms. The van der Waals surface area contributed by atoms with Gasteiger partial charge in [-0.05, 0) is 19.1 Å². The van der Waals surface area contributed by atoms with E-state index in [0.29, 0.717) is 11.8 Å². The maximum absolute atomic E-state index is 11.1. The number of aliphatic carboxylic acids is 1. The number of hydrogen-bond acceptors (Lipinski definition) is 4. The summed E-state index contributed by atoms with van der Waals surface area (Å²) in [5, 5.41) is 8.90. The minimum atomic E-state index is -2.17. The van der Waals surface area contributed by atoms with Gasteiger partial charge in [-0.2, -0.15) is 0 Å². The van der Waals surface area contributed by atoms with Gasteiger partial charge in [0.15, 0.2) is 0 Å². The van der Waals surface area contributed by atoms with Crippen LogP contribution in [0.4, 0.5) is 0 Å². The Hall–Kier alpha value is -2.37. The van der Waals surface area contributed by atoms with Crippen molar-refractivity contribution in [2.75, 3.05) is 0 Å². The highest BCUT2D eigenvalue weighted by Crippen LogP contribution is 2.19. The van der Waals surface area contributed by atoms with Crippen molar-refractivity contribution in [2.45, 2.75) is 12.5 Å². The first kappa shape index (κ1) is 12.7.